The van der Waals surface area contributed by atoms with E-state index in [1.165, 1.54) is 5.82 Å². The summed E-state index contributed by atoms with van der Waals surface area (Å²) in [6.45, 7) is 5.28. The van der Waals surface area contributed by atoms with Crippen molar-refractivity contribution in [2.45, 2.75) is 26.8 Å². The van der Waals surface area contributed by atoms with Crippen molar-refractivity contribution < 1.29 is 4.57 Å². The quantitative estimate of drug-likeness (QED) is 0.729. The minimum atomic E-state index is 0.610. The van der Waals surface area contributed by atoms with Crippen molar-refractivity contribution in [2.75, 3.05) is 0 Å². The van der Waals surface area contributed by atoms with Crippen LogP contribution < -0.4 is 4.57 Å². The Labute approximate surface area is 105 Å². The molecule has 0 radical (unpaired) electrons. The van der Waals surface area contributed by atoms with E-state index in [9.17, 15) is 0 Å². The van der Waals surface area contributed by atoms with Gasteiger partial charge in [-0.15, -0.1) is 0 Å². The number of nitrogens with zero attached hydrogens (tertiary/aromatic N) is 2. The van der Waals surface area contributed by atoms with E-state index in [2.05, 4.69) is 23.0 Å². The van der Waals surface area contributed by atoms with Crippen LogP contribution in [0.3, 0.4) is 0 Å². The van der Waals surface area contributed by atoms with Crippen LogP contribution in [0.4, 0.5) is 0 Å². The van der Waals surface area contributed by atoms with E-state index >= 15 is 0 Å². The van der Waals surface area contributed by atoms with Gasteiger partial charge < -0.3 is 0 Å². The molecule has 4 heteroatoms. The molecule has 0 aliphatic carbocycles. The maximum atomic E-state index is 6.07. The lowest BCUT2D eigenvalue weighted by Gasteiger charge is -1.97. The number of hydrogen-bond donors (Lipinski definition) is 0. The molecule has 0 bridgehead atoms. The Kier molecular flexibility index (Phi) is 3.13. The highest BCUT2D eigenvalue weighted by Gasteiger charge is 2.19. The average Bonchev–Trinajstić information content (AvgIpc) is 2.46. The number of aryl methyl sites for hydroxylation is 2. The molecule has 86 valence electrons. The normalized spacial score (nSPS) is 11.3. The predicted molar refractivity (Wildman–Crippen MR) is 68.2 cm³/mol. The second-order valence-electron chi connectivity index (χ2n) is 4.01. The molecule has 0 amide bonds. The van der Waals surface area contributed by atoms with Gasteiger partial charge in [0.2, 0.25) is 0 Å². The average molecular weight is 258 g/mol. The Balaban J connectivity index is 2.80. The first-order chi connectivity index (χ1) is 7.56. The number of rotatable bonds is 2. The van der Waals surface area contributed by atoms with Crippen LogP contribution in [0.2, 0.25) is 10.0 Å². The maximum Gasteiger partial charge on any atom is 0.253 e. The van der Waals surface area contributed by atoms with E-state index in [4.69, 9.17) is 23.2 Å². The third-order valence-corrected chi connectivity index (χ3v) is 3.72. The standard InChI is InChI=1S/C12H15Cl2N2/c1-4-5-16-8(2)15(3)11-6-9(13)10(14)7-12(11)16/h6-7H,4-5H2,1-3H3/q+1. The first kappa shape index (κ1) is 11.7. The molecule has 1 aromatic heterocycles. The van der Waals surface area contributed by atoms with Crippen LogP contribution >= 0.6 is 23.2 Å². The summed E-state index contributed by atoms with van der Waals surface area (Å²) in [5.74, 6) is 1.22. The minimum absolute atomic E-state index is 0.610. The summed E-state index contributed by atoms with van der Waals surface area (Å²) in [4.78, 5) is 0. The van der Waals surface area contributed by atoms with Crippen molar-refractivity contribution in [3.05, 3.63) is 28.0 Å². The molecule has 2 rings (SSSR count). The molecule has 1 aromatic carbocycles. The van der Waals surface area contributed by atoms with Gasteiger partial charge in [-0.2, -0.15) is 0 Å². The summed E-state index contributed by atoms with van der Waals surface area (Å²) >= 11 is 12.1. The van der Waals surface area contributed by atoms with Gasteiger partial charge in [-0.1, -0.05) is 30.1 Å². The van der Waals surface area contributed by atoms with Gasteiger partial charge in [0.05, 0.1) is 23.6 Å². The lowest BCUT2D eigenvalue weighted by molar-refractivity contribution is -0.652. The Morgan fingerprint density at radius 3 is 2.50 bits per heavy atom. The van der Waals surface area contributed by atoms with Crippen LogP contribution in [0.25, 0.3) is 11.0 Å². The summed E-state index contributed by atoms with van der Waals surface area (Å²) < 4.78 is 4.42. The first-order valence-electron chi connectivity index (χ1n) is 5.40. The second-order valence-corrected chi connectivity index (χ2v) is 4.83. The van der Waals surface area contributed by atoms with Crippen molar-refractivity contribution in [3.63, 3.8) is 0 Å². The van der Waals surface area contributed by atoms with Crippen molar-refractivity contribution in [1.82, 2.24) is 4.57 Å². The molecule has 16 heavy (non-hydrogen) atoms. The monoisotopic (exact) mass is 257 g/mol. The van der Waals surface area contributed by atoms with Gasteiger partial charge in [-0.25, -0.2) is 9.13 Å². The van der Waals surface area contributed by atoms with Gasteiger partial charge in [-0.05, 0) is 6.42 Å². The van der Waals surface area contributed by atoms with Crippen LogP contribution in [0.1, 0.15) is 19.2 Å². The van der Waals surface area contributed by atoms with Gasteiger partial charge in [-0.3, -0.25) is 0 Å². The Bertz CT molecular complexity index is 544. The molecule has 0 spiro atoms. The van der Waals surface area contributed by atoms with Crippen LogP contribution in [-0.2, 0) is 13.6 Å². The molecule has 0 aliphatic rings. The lowest BCUT2D eigenvalue weighted by atomic mass is 10.3. The first-order valence-corrected chi connectivity index (χ1v) is 6.15. The van der Waals surface area contributed by atoms with Gasteiger partial charge in [0.25, 0.3) is 5.82 Å². The van der Waals surface area contributed by atoms with Crippen molar-refractivity contribution in [1.29, 1.82) is 0 Å². The SMILES string of the molecule is CCCn1c(C)[n+](C)c2cc(Cl)c(Cl)cc21. The summed E-state index contributed by atoms with van der Waals surface area (Å²) in [6, 6.07) is 3.88. The van der Waals surface area contributed by atoms with E-state index in [1.807, 2.05) is 19.2 Å². The van der Waals surface area contributed by atoms with Gasteiger partial charge >= 0.3 is 0 Å². The molecule has 0 saturated heterocycles. The zero-order valence-corrected chi connectivity index (χ0v) is 11.2. The van der Waals surface area contributed by atoms with Gasteiger partial charge in [0.15, 0.2) is 11.0 Å². The number of benzene rings is 1. The molecule has 1 heterocycles. The number of imidazole rings is 1. The van der Waals surface area contributed by atoms with E-state index in [0.717, 1.165) is 24.0 Å². The smallest absolute Gasteiger partial charge is 0.230 e. The second kappa shape index (κ2) is 4.27. The fourth-order valence-corrected chi connectivity index (χ4v) is 2.36. The summed E-state index contributed by atoms with van der Waals surface area (Å²) in [5.41, 5.74) is 2.27. The summed E-state index contributed by atoms with van der Waals surface area (Å²) in [6.07, 6.45) is 1.10. The Morgan fingerprint density at radius 2 is 1.88 bits per heavy atom. The van der Waals surface area contributed by atoms with Crippen molar-refractivity contribution in [3.8, 4) is 0 Å². The molecule has 0 fully saturated rings. The van der Waals surface area contributed by atoms with E-state index in [0.29, 0.717) is 10.0 Å². The topological polar surface area (TPSA) is 8.81 Å². The van der Waals surface area contributed by atoms with Crippen LogP contribution in [0, 0.1) is 6.92 Å². The van der Waals surface area contributed by atoms with E-state index in [1.54, 1.807) is 0 Å². The highest BCUT2D eigenvalue weighted by Crippen LogP contribution is 2.27. The van der Waals surface area contributed by atoms with E-state index < -0.39 is 0 Å². The number of hydrogen-bond acceptors (Lipinski definition) is 0. The number of aromatic nitrogens is 2. The zero-order chi connectivity index (χ0) is 11.9. The van der Waals surface area contributed by atoms with Gasteiger partial charge in [0.1, 0.15) is 0 Å². The molecule has 0 N–H and O–H groups in total. The lowest BCUT2D eigenvalue weighted by Crippen LogP contribution is -2.30. The fraction of sp³-hybridized carbons (Fsp3) is 0.417. The molecule has 0 saturated carbocycles. The Hall–Kier alpha value is -0.730. The minimum Gasteiger partial charge on any atom is -0.230 e. The van der Waals surface area contributed by atoms with Crippen LogP contribution in [0.5, 0.6) is 0 Å². The molecular formula is C12H15Cl2N2+. The van der Waals surface area contributed by atoms with Crippen LogP contribution in [-0.4, -0.2) is 4.57 Å². The summed E-state index contributed by atoms with van der Waals surface area (Å²) in [7, 11) is 2.05. The van der Waals surface area contributed by atoms with Crippen molar-refractivity contribution >= 4 is 34.2 Å². The van der Waals surface area contributed by atoms with E-state index in [-0.39, 0.29) is 0 Å². The fourth-order valence-electron chi connectivity index (χ4n) is 2.05. The highest BCUT2D eigenvalue weighted by molar-refractivity contribution is 6.42. The van der Waals surface area contributed by atoms with Crippen LogP contribution in [0.15, 0.2) is 12.1 Å². The molecule has 2 aromatic rings. The molecule has 0 unspecified atom stereocenters. The molecule has 0 aliphatic heterocycles. The Morgan fingerprint density at radius 1 is 1.25 bits per heavy atom. The third kappa shape index (κ3) is 1.70. The molecular weight excluding hydrogens is 243 g/mol. The number of halogens is 2. The number of fused-ring (bicyclic) bond motifs is 1. The molecule has 2 nitrogen and oxygen atoms in total. The highest BCUT2D eigenvalue weighted by atomic mass is 35.5. The van der Waals surface area contributed by atoms with Crippen molar-refractivity contribution in [2.24, 2.45) is 7.05 Å². The third-order valence-electron chi connectivity index (χ3n) is 2.99. The zero-order valence-electron chi connectivity index (χ0n) is 9.72. The predicted octanol–water partition coefficient (Wildman–Crippen LogP) is 3.49. The largest absolute Gasteiger partial charge is 0.253 e. The summed E-state index contributed by atoms with van der Waals surface area (Å²) in [5, 5.41) is 1.23. The maximum absolute atomic E-state index is 6.07. The van der Waals surface area contributed by atoms with Gasteiger partial charge in [0, 0.05) is 19.1 Å². The molecule has 0 atom stereocenters.